The van der Waals surface area contributed by atoms with E-state index < -0.39 is 0 Å². The summed E-state index contributed by atoms with van der Waals surface area (Å²) in [6, 6.07) is 7.53. The van der Waals surface area contributed by atoms with Gasteiger partial charge in [-0.2, -0.15) is 5.10 Å². The molecular weight excluding hydrogens is 390 g/mol. The van der Waals surface area contributed by atoms with Gasteiger partial charge in [-0.3, -0.25) is 14.7 Å². The Hall–Kier alpha value is -2.80. The lowest BCUT2D eigenvalue weighted by molar-refractivity contribution is -0.125. The van der Waals surface area contributed by atoms with Gasteiger partial charge in [0.1, 0.15) is 6.54 Å². The van der Waals surface area contributed by atoms with Crippen LogP contribution in [0.2, 0.25) is 5.02 Å². The van der Waals surface area contributed by atoms with Gasteiger partial charge in [-0.25, -0.2) is 0 Å². The third kappa shape index (κ3) is 5.60. The maximum absolute atomic E-state index is 12.3. The van der Waals surface area contributed by atoms with Gasteiger partial charge in [-0.15, -0.1) is 0 Å². The van der Waals surface area contributed by atoms with E-state index in [1.807, 2.05) is 48.1 Å². The van der Waals surface area contributed by atoms with Crippen LogP contribution in [0.3, 0.4) is 0 Å². The quantitative estimate of drug-likeness (QED) is 0.469. The van der Waals surface area contributed by atoms with E-state index in [4.69, 9.17) is 11.6 Å². The summed E-state index contributed by atoms with van der Waals surface area (Å²) in [6.07, 6.45) is 5.38. The monoisotopic (exact) mass is 415 g/mol. The van der Waals surface area contributed by atoms with Crippen LogP contribution in [0.15, 0.2) is 36.7 Å². The number of hydrogen-bond donors (Lipinski definition) is 3. The Kier molecular flexibility index (Phi) is 6.93. The largest absolute Gasteiger partial charge is 0.356 e. The number of aromatic amines is 1. The second kappa shape index (κ2) is 9.60. The fourth-order valence-corrected chi connectivity index (χ4v) is 3.32. The highest BCUT2D eigenvalue weighted by atomic mass is 35.5. The minimum Gasteiger partial charge on any atom is -0.356 e. The Balaban J connectivity index is 1.39. The van der Waals surface area contributed by atoms with Crippen molar-refractivity contribution in [2.75, 3.05) is 13.1 Å². The van der Waals surface area contributed by atoms with E-state index in [0.717, 1.165) is 29.4 Å². The molecule has 0 aliphatic rings. The van der Waals surface area contributed by atoms with Gasteiger partial charge in [0.25, 0.3) is 0 Å². The Morgan fingerprint density at radius 2 is 2.10 bits per heavy atom. The molecule has 0 aliphatic carbocycles. The Morgan fingerprint density at radius 1 is 1.28 bits per heavy atom. The van der Waals surface area contributed by atoms with Gasteiger partial charge in [-0.05, 0) is 48.9 Å². The number of amides is 2. The molecule has 0 fully saturated rings. The summed E-state index contributed by atoms with van der Waals surface area (Å²) >= 11 is 6.05. The zero-order valence-corrected chi connectivity index (χ0v) is 17.4. The summed E-state index contributed by atoms with van der Waals surface area (Å²) in [5.74, 6) is -0.504. The molecule has 0 saturated heterocycles. The molecule has 29 heavy (non-hydrogen) atoms. The number of hydrogen-bond acceptors (Lipinski definition) is 3. The van der Waals surface area contributed by atoms with Crippen LogP contribution < -0.4 is 10.6 Å². The number of halogens is 1. The van der Waals surface area contributed by atoms with E-state index >= 15 is 0 Å². The number of carbonyl (C=O) groups is 2. The number of nitrogens with zero attached hydrogens (tertiary/aromatic N) is 2. The van der Waals surface area contributed by atoms with Gasteiger partial charge in [-0.1, -0.05) is 24.6 Å². The van der Waals surface area contributed by atoms with Crippen molar-refractivity contribution in [3.63, 3.8) is 0 Å². The lowest BCUT2D eigenvalue weighted by Gasteiger charge is -2.14. The smallest absolute Gasteiger partial charge is 0.239 e. The Morgan fingerprint density at radius 3 is 2.86 bits per heavy atom. The molecular formula is C21H26ClN5O2. The molecule has 3 rings (SSSR count). The lowest BCUT2D eigenvalue weighted by atomic mass is 10.1. The van der Waals surface area contributed by atoms with Crippen molar-refractivity contribution >= 4 is 34.3 Å². The molecule has 0 bridgehead atoms. The highest BCUT2D eigenvalue weighted by Gasteiger charge is 2.14. The van der Waals surface area contributed by atoms with Crippen molar-refractivity contribution in [3.8, 4) is 0 Å². The molecule has 8 heteroatoms. The summed E-state index contributed by atoms with van der Waals surface area (Å²) in [4.78, 5) is 24.5. The molecule has 0 unspecified atom stereocenters. The van der Waals surface area contributed by atoms with Crippen molar-refractivity contribution in [1.82, 2.24) is 25.4 Å². The van der Waals surface area contributed by atoms with E-state index in [2.05, 4.69) is 20.8 Å². The van der Waals surface area contributed by atoms with Crippen LogP contribution in [-0.2, 0) is 22.6 Å². The summed E-state index contributed by atoms with van der Waals surface area (Å²) in [5, 5.41) is 14.3. The molecule has 1 atom stereocenters. The molecule has 154 valence electrons. The predicted molar refractivity (Wildman–Crippen MR) is 114 cm³/mol. The first-order valence-corrected chi connectivity index (χ1v) is 10.1. The van der Waals surface area contributed by atoms with Gasteiger partial charge in [0.15, 0.2) is 0 Å². The molecule has 0 spiro atoms. The Labute approximate surface area is 174 Å². The van der Waals surface area contributed by atoms with Crippen LogP contribution in [0.4, 0.5) is 0 Å². The number of benzene rings is 1. The normalized spacial score (nSPS) is 12.1. The number of nitrogens with one attached hydrogen (secondary N) is 3. The number of aromatic nitrogens is 3. The molecule has 0 radical (unpaired) electrons. The average Bonchev–Trinajstić information content (AvgIpc) is 3.29. The first-order valence-electron chi connectivity index (χ1n) is 9.71. The number of fused-ring (bicyclic) bond motifs is 1. The number of H-pyrrole nitrogens is 1. The van der Waals surface area contributed by atoms with Crippen molar-refractivity contribution in [3.05, 3.63) is 52.9 Å². The van der Waals surface area contributed by atoms with Crippen LogP contribution in [0.5, 0.6) is 0 Å². The SMILES string of the molecule is Cc1[nH]ncc1CCCNC(=O)[C@@H](C)CNC(=O)Cn1ccc2ccc(Cl)cc21. The van der Waals surface area contributed by atoms with Crippen LogP contribution in [0.1, 0.15) is 24.6 Å². The van der Waals surface area contributed by atoms with E-state index in [0.29, 0.717) is 18.1 Å². The summed E-state index contributed by atoms with van der Waals surface area (Å²) in [5.41, 5.74) is 3.13. The molecule has 3 N–H and O–H groups in total. The highest BCUT2D eigenvalue weighted by molar-refractivity contribution is 6.31. The van der Waals surface area contributed by atoms with E-state index in [9.17, 15) is 9.59 Å². The third-order valence-corrected chi connectivity index (χ3v) is 5.19. The summed E-state index contributed by atoms with van der Waals surface area (Å²) in [7, 11) is 0. The summed E-state index contributed by atoms with van der Waals surface area (Å²) in [6.45, 7) is 4.86. The topological polar surface area (TPSA) is 91.8 Å². The molecule has 0 saturated carbocycles. The second-order valence-corrected chi connectivity index (χ2v) is 7.70. The molecule has 1 aromatic carbocycles. The standard InChI is InChI=1S/C21H26ClN5O2/c1-14(21(29)23-8-3-4-17-12-25-26-15(17)2)11-24-20(28)13-27-9-7-16-5-6-18(22)10-19(16)27/h5-7,9-10,12,14H,3-4,8,11,13H2,1-2H3,(H,23,29)(H,24,28)(H,25,26)/t14-/m0/s1. The molecule has 2 heterocycles. The Bertz CT molecular complexity index is 994. The predicted octanol–water partition coefficient (Wildman–Crippen LogP) is 2.83. The zero-order valence-electron chi connectivity index (χ0n) is 16.7. The van der Waals surface area contributed by atoms with Crippen LogP contribution in [0, 0.1) is 12.8 Å². The van der Waals surface area contributed by atoms with Crippen molar-refractivity contribution in [2.24, 2.45) is 5.92 Å². The van der Waals surface area contributed by atoms with Crippen LogP contribution >= 0.6 is 11.6 Å². The fraction of sp³-hybridized carbons (Fsp3) is 0.381. The maximum atomic E-state index is 12.3. The molecule has 3 aromatic rings. The second-order valence-electron chi connectivity index (χ2n) is 7.27. The molecule has 2 amide bonds. The van der Waals surface area contributed by atoms with Crippen LogP contribution in [-0.4, -0.2) is 39.7 Å². The maximum Gasteiger partial charge on any atom is 0.239 e. The number of carbonyl (C=O) groups excluding carboxylic acids is 2. The van der Waals surface area contributed by atoms with Crippen molar-refractivity contribution in [2.45, 2.75) is 33.2 Å². The van der Waals surface area contributed by atoms with Gasteiger partial charge in [0.05, 0.1) is 12.1 Å². The van der Waals surface area contributed by atoms with Gasteiger partial charge >= 0.3 is 0 Å². The van der Waals surface area contributed by atoms with Crippen molar-refractivity contribution < 1.29 is 9.59 Å². The van der Waals surface area contributed by atoms with Crippen LogP contribution in [0.25, 0.3) is 10.9 Å². The molecule has 0 aliphatic heterocycles. The van der Waals surface area contributed by atoms with E-state index in [1.165, 1.54) is 5.56 Å². The zero-order chi connectivity index (χ0) is 20.8. The molecule has 7 nitrogen and oxygen atoms in total. The fourth-order valence-electron chi connectivity index (χ4n) is 3.16. The summed E-state index contributed by atoms with van der Waals surface area (Å²) < 4.78 is 1.85. The van der Waals surface area contributed by atoms with E-state index in [1.54, 1.807) is 6.92 Å². The van der Waals surface area contributed by atoms with Gasteiger partial charge in [0.2, 0.25) is 11.8 Å². The lowest BCUT2D eigenvalue weighted by Crippen LogP contribution is -2.38. The van der Waals surface area contributed by atoms with Crippen molar-refractivity contribution in [1.29, 1.82) is 0 Å². The first-order chi connectivity index (χ1) is 13.9. The minimum absolute atomic E-state index is 0.0626. The number of rotatable bonds is 9. The highest BCUT2D eigenvalue weighted by Crippen LogP contribution is 2.20. The number of aryl methyl sites for hydroxylation is 2. The first kappa shape index (κ1) is 20.9. The molecule has 2 aromatic heterocycles. The third-order valence-electron chi connectivity index (χ3n) is 4.96. The minimum atomic E-state index is -0.300. The van der Waals surface area contributed by atoms with Gasteiger partial charge < -0.3 is 15.2 Å². The van der Waals surface area contributed by atoms with E-state index in [-0.39, 0.29) is 24.3 Å². The van der Waals surface area contributed by atoms with Gasteiger partial charge in [0, 0.05) is 35.5 Å². The average molecular weight is 416 g/mol.